The second-order valence-corrected chi connectivity index (χ2v) is 11.5. The Morgan fingerprint density at radius 3 is 2.69 bits per heavy atom. The van der Waals surface area contributed by atoms with E-state index < -0.39 is 11.3 Å². The molecule has 0 saturated heterocycles. The predicted molar refractivity (Wildman–Crippen MR) is 146 cm³/mol. The Labute approximate surface area is 221 Å². The number of nitrogens with two attached hydrogens (primary N) is 1. The molecule has 2 aromatic heterocycles. The summed E-state index contributed by atoms with van der Waals surface area (Å²) >= 11 is 3.00. The molecule has 0 saturated carbocycles. The number of amides is 1. The number of benzene rings is 1. The Bertz CT molecular complexity index is 1250. The molecule has 0 radical (unpaired) electrons. The van der Waals surface area contributed by atoms with Crippen LogP contribution in [-0.2, 0) is 17.6 Å². The van der Waals surface area contributed by atoms with Crippen LogP contribution in [0.3, 0.4) is 0 Å². The monoisotopic (exact) mass is 520 g/mol. The molecule has 4 rings (SSSR count). The van der Waals surface area contributed by atoms with E-state index in [0.717, 1.165) is 48.2 Å². The van der Waals surface area contributed by atoms with Crippen molar-refractivity contribution >= 4 is 29.0 Å². The molecule has 0 unspecified atom stereocenters. The summed E-state index contributed by atoms with van der Waals surface area (Å²) in [5.41, 5.74) is 10.6. The third-order valence-electron chi connectivity index (χ3n) is 6.51. The van der Waals surface area contributed by atoms with E-state index in [4.69, 9.17) is 10.7 Å². The molecular formula is C28H32N4O2S2. The molecule has 0 spiro atoms. The summed E-state index contributed by atoms with van der Waals surface area (Å²) < 4.78 is 0. The fourth-order valence-electron chi connectivity index (χ4n) is 4.61. The van der Waals surface area contributed by atoms with Gasteiger partial charge in [-0.25, -0.2) is 4.98 Å². The van der Waals surface area contributed by atoms with Gasteiger partial charge in [-0.2, -0.15) is 5.26 Å². The first-order chi connectivity index (χ1) is 17.4. The normalized spacial score (nSPS) is 15.0. The summed E-state index contributed by atoms with van der Waals surface area (Å²) in [5.74, 6) is -0.0316. The van der Waals surface area contributed by atoms with E-state index in [-0.39, 0.29) is 24.1 Å². The lowest BCUT2D eigenvalue weighted by molar-refractivity contribution is -0.121. The first-order valence-corrected chi connectivity index (χ1v) is 14.1. The number of phenolic OH excluding ortho intramolecular Hbond substituents is 1. The van der Waals surface area contributed by atoms with Crippen LogP contribution in [0.15, 0.2) is 46.8 Å². The second kappa shape index (κ2) is 11.9. The summed E-state index contributed by atoms with van der Waals surface area (Å²) in [5, 5.41) is 25.5. The third kappa shape index (κ3) is 5.75. The van der Waals surface area contributed by atoms with Crippen LogP contribution in [0.5, 0.6) is 5.75 Å². The zero-order chi connectivity index (χ0) is 25.7. The molecule has 188 valence electrons. The number of carbonyl (C=O) groups excluding carboxylic acids is 1. The van der Waals surface area contributed by atoms with E-state index in [9.17, 15) is 15.2 Å². The van der Waals surface area contributed by atoms with E-state index in [1.54, 1.807) is 29.5 Å². The highest BCUT2D eigenvalue weighted by Crippen LogP contribution is 2.41. The van der Waals surface area contributed by atoms with Crippen molar-refractivity contribution in [3.05, 3.63) is 64.2 Å². The van der Waals surface area contributed by atoms with Crippen molar-refractivity contribution in [2.24, 2.45) is 11.7 Å². The number of thiophene rings is 1. The molecule has 0 bridgehead atoms. The lowest BCUT2D eigenvalue weighted by atomic mass is 9.97. The summed E-state index contributed by atoms with van der Waals surface area (Å²) in [6.07, 6.45) is 5.14. The molecule has 0 aliphatic heterocycles. The maximum absolute atomic E-state index is 13.3. The van der Waals surface area contributed by atoms with Gasteiger partial charge in [0.05, 0.1) is 16.9 Å². The van der Waals surface area contributed by atoms with Gasteiger partial charge in [-0.05, 0) is 54.7 Å². The minimum atomic E-state index is -0.529. The molecular weight excluding hydrogens is 488 g/mol. The Morgan fingerprint density at radius 2 is 2.00 bits per heavy atom. The zero-order valence-electron chi connectivity index (χ0n) is 20.7. The number of para-hydroxylation sites is 1. The first kappa shape index (κ1) is 26.2. The van der Waals surface area contributed by atoms with Gasteiger partial charge in [0.15, 0.2) is 0 Å². The molecule has 4 N–H and O–H groups in total. The quantitative estimate of drug-likeness (QED) is 0.264. The van der Waals surface area contributed by atoms with E-state index in [2.05, 4.69) is 17.5 Å². The first-order valence-electron chi connectivity index (χ1n) is 12.4. The minimum absolute atomic E-state index is 0.00805. The van der Waals surface area contributed by atoms with Gasteiger partial charge >= 0.3 is 0 Å². The number of hydrogen-bond acceptors (Lipinski definition) is 7. The molecule has 6 nitrogen and oxygen atoms in total. The number of aromatic nitrogens is 1. The van der Waals surface area contributed by atoms with Gasteiger partial charge in [0, 0.05) is 28.2 Å². The molecule has 36 heavy (non-hydrogen) atoms. The van der Waals surface area contributed by atoms with Gasteiger partial charge in [0.2, 0.25) is 5.91 Å². The van der Waals surface area contributed by atoms with Crippen LogP contribution < -0.4 is 11.1 Å². The number of phenols is 1. The average molecular weight is 521 g/mol. The standard InChI is InChI=1S/C28H32N4O2S2/c1-17(2)26(27(34)31-16-21(30)18-9-6-7-12-23(18)33)36-28-20(15-29)25(24-13-8-14-35-24)19-10-4-3-5-11-22(19)32-28/h6-9,12-14,17,21,26,33H,3-5,10-11,16,30H2,1-2H3,(H,31,34)/t21-,26-/m0/s1. The molecule has 1 aromatic carbocycles. The van der Waals surface area contributed by atoms with Crippen molar-refractivity contribution in [3.8, 4) is 22.3 Å². The van der Waals surface area contributed by atoms with Crippen LogP contribution in [0.4, 0.5) is 0 Å². The zero-order valence-corrected chi connectivity index (χ0v) is 22.3. The number of fused-ring (bicyclic) bond motifs is 1. The molecule has 3 aromatic rings. The highest BCUT2D eigenvalue weighted by Gasteiger charge is 2.29. The number of nitriles is 1. The lowest BCUT2D eigenvalue weighted by Crippen LogP contribution is -2.39. The van der Waals surface area contributed by atoms with E-state index >= 15 is 0 Å². The van der Waals surface area contributed by atoms with Crippen LogP contribution >= 0.6 is 23.1 Å². The summed E-state index contributed by atoms with van der Waals surface area (Å²) in [4.78, 5) is 19.4. The molecule has 2 heterocycles. The Hall–Kier alpha value is -2.86. The van der Waals surface area contributed by atoms with Crippen molar-refractivity contribution in [2.45, 2.75) is 62.3 Å². The van der Waals surface area contributed by atoms with Gasteiger partial charge in [-0.15, -0.1) is 11.3 Å². The Kier molecular flexibility index (Phi) is 8.68. The number of thioether (sulfide) groups is 1. The number of nitrogens with one attached hydrogen (secondary N) is 1. The summed E-state index contributed by atoms with van der Waals surface area (Å²) in [7, 11) is 0. The van der Waals surface area contributed by atoms with Crippen LogP contribution in [0.2, 0.25) is 0 Å². The smallest absolute Gasteiger partial charge is 0.233 e. The van der Waals surface area contributed by atoms with Crippen LogP contribution in [-0.4, -0.2) is 27.8 Å². The fraction of sp³-hybridized carbons (Fsp3) is 0.393. The summed E-state index contributed by atoms with van der Waals surface area (Å²) in [6.45, 7) is 4.19. The van der Waals surface area contributed by atoms with Gasteiger partial charge in [0.25, 0.3) is 0 Å². The van der Waals surface area contributed by atoms with Crippen molar-refractivity contribution in [2.75, 3.05) is 6.54 Å². The van der Waals surface area contributed by atoms with Crippen LogP contribution in [0.25, 0.3) is 10.4 Å². The maximum Gasteiger partial charge on any atom is 0.233 e. The van der Waals surface area contributed by atoms with Crippen LogP contribution in [0, 0.1) is 17.2 Å². The van der Waals surface area contributed by atoms with E-state index in [1.165, 1.54) is 17.3 Å². The molecule has 2 atom stereocenters. The van der Waals surface area contributed by atoms with E-state index in [0.29, 0.717) is 16.2 Å². The van der Waals surface area contributed by atoms with Crippen molar-refractivity contribution < 1.29 is 9.90 Å². The van der Waals surface area contributed by atoms with Crippen LogP contribution in [0.1, 0.15) is 61.5 Å². The maximum atomic E-state index is 13.3. The number of nitrogens with zero attached hydrogens (tertiary/aromatic N) is 2. The molecule has 1 aliphatic rings. The van der Waals surface area contributed by atoms with Gasteiger partial charge < -0.3 is 16.2 Å². The number of hydrogen-bond donors (Lipinski definition) is 3. The molecule has 0 fully saturated rings. The number of aryl methyl sites for hydroxylation is 1. The van der Waals surface area contributed by atoms with Crippen molar-refractivity contribution in [3.63, 3.8) is 0 Å². The molecule has 1 aliphatic carbocycles. The molecule has 8 heteroatoms. The highest BCUT2D eigenvalue weighted by molar-refractivity contribution is 8.00. The lowest BCUT2D eigenvalue weighted by Gasteiger charge is -2.23. The number of pyridine rings is 1. The Morgan fingerprint density at radius 1 is 1.22 bits per heavy atom. The molecule has 1 amide bonds. The van der Waals surface area contributed by atoms with Gasteiger partial charge in [-0.3, -0.25) is 4.79 Å². The highest BCUT2D eigenvalue weighted by atomic mass is 32.2. The third-order valence-corrected chi connectivity index (χ3v) is 8.92. The number of aromatic hydroxyl groups is 1. The largest absolute Gasteiger partial charge is 0.508 e. The topological polar surface area (TPSA) is 112 Å². The summed E-state index contributed by atoms with van der Waals surface area (Å²) in [6, 6.07) is 12.9. The fourth-order valence-corrected chi connectivity index (χ4v) is 6.55. The van der Waals surface area contributed by atoms with Gasteiger partial charge in [0.1, 0.15) is 16.8 Å². The SMILES string of the molecule is CC(C)[C@H](Sc1nc2c(c(-c3cccs3)c1C#N)CCCCC2)C(=O)NC[C@H](N)c1ccccc1O. The van der Waals surface area contributed by atoms with Crippen molar-refractivity contribution in [1.29, 1.82) is 5.26 Å². The second-order valence-electron chi connectivity index (χ2n) is 9.43. The number of carbonyl (C=O) groups is 1. The number of rotatable bonds is 8. The van der Waals surface area contributed by atoms with Crippen molar-refractivity contribution in [1.82, 2.24) is 10.3 Å². The van der Waals surface area contributed by atoms with Gasteiger partial charge in [-0.1, -0.05) is 56.3 Å². The Balaban J connectivity index is 1.62. The minimum Gasteiger partial charge on any atom is -0.508 e. The van der Waals surface area contributed by atoms with E-state index in [1.807, 2.05) is 31.4 Å². The predicted octanol–water partition coefficient (Wildman–Crippen LogP) is 5.59. The average Bonchev–Trinajstić information content (AvgIpc) is 3.30.